The molecule has 12 heavy (non-hydrogen) atoms. The molecule has 0 unspecified atom stereocenters. The molecule has 0 radical (unpaired) electrons. The van der Waals surface area contributed by atoms with Crippen LogP contribution in [0.15, 0.2) is 0 Å². The van der Waals surface area contributed by atoms with Gasteiger partial charge in [-0.05, 0) is 19.4 Å². The fourth-order valence-electron chi connectivity index (χ4n) is 1.59. The third kappa shape index (κ3) is 4.73. The predicted molar refractivity (Wildman–Crippen MR) is 53.3 cm³/mol. The van der Waals surface area contributed by atoms with Crippen LogP contribution in [0.5, 0.6) is 0 Å². The van der Waals surface area contributed by atoms with Crippen LogP contribution in [0, 0.1) is 0 Å². The first-order chi connectivity index (χ1) is 5.68. The van der Waals surface area contributed by atoms with Gasteiger partial charge >= 0.3 is 0 Å². The largest absolute Gasteiger partial charge is 0.389 e. The fraction of sp³-hybridized carbons (Fsp3) is 1.00. The van der Waals surface area contributed by atoms with Crippen molar-refractivity contribution in [1.29, 1.82) is 0 Å². The molecule has 0 aliphatic heterocycles. The van der Waals surface area contributed by atoms with Crippen molar-refractivity contribution in [3.8, 4) is 0 Å². The van der Waals surface area contributed by atoms with Gasteiger partial charge in [0.2, 0.25) is 0 Å². The van der Waals surface area contributed by atoms with Crippen LogP contribution in [0.1, 0.15) is 46.5 Å². The lowest BCUT2D eigenvalue weighted by Gasteiger charge is -2.27. The minimum absolute atomic E-state index is 0.459. The van der Waals surface area contributed by atoms with Crippen molar-refractivity contribution in [3.63, 3.8) is 0 Å². The monoisotopic (exact) mass is 173 g/mol. The van der Waals surface area contributed by atoms with Crippen LogP contribution in [-0.2, 0) is 0 Å². The molecular weight excluding hydrogens is 150 g/mol. The highest BCUT2D eigenvalue weighted by molar-refractivity contribution is 4.79. The average Bonchev–Trinajstić information content (AvgIpc) is 2.02. The van der Waals surface area contributed by atoms with E-state index in [1.807, 2.05) is 0 Å². The van der Waals surface area contributed by atoms with E-state index in [0.717, 1.165) is 38.8 Å². The van der Waals surface area contributed by atoms with Gasteiger partial charge in [-0.2, -0.15) is 0 Å². The zero-order chi connectivity index (χ0) is 9.45. The van der Waals surface area contributed by atoms with Gasteiger partial charge in [0.1, 0.15) is 0 Å². The molecule has 0 rings (SSSR count). The van der Waals surface area contributed by atoms with Crippen molar-refractivity contribution in [1.82, 2.24) is 5.32 Å². The van der Waals surface area contributed by atoms with E-state index < -0.39 is 5.60 Å². The molecule has 0 aliphatic carbocycles. The van der Waals surface area contributed by atoms with Crippen LogP contribution in [0.2, 0.25) is 0 Å². The number of likely N-dealkylation sites (N-methyl/N-ethyl adjacent to an activating group) is 1. The summed E-state index contributed by atoms with van der Waals surface area (Å²) in [7, 11) is 0. The summed E-state index contributed by atoms with van der Waals surface area (Å²) < 4.78 is 0. The summed E-state index contributed by atoms with van der Waals surface area (Å²) in [5.41, 5.74) is -0.459. The van der Waals surface area contributed by atoms with Gasteiger partial charge in [0, 0.05) is 6.54 Å². The Morgan fingerprint density at radius 2 is 1.58 bits per heavy atom. The third-order valence-corrected chi connectivity index (χ3v) is 2.13. The third-order valence-electron chi connectivity index (χ3n) is 2.13. The number of rotatable bonds is 7. The summed E-state index contributed by atoms with van der Waals surface area (Å²) in [5.74, 6) is 0. The Bertz CT molecular complexity index is 98.0. The standard InChI is InChI=1S/C10H23NO/c1-4-7-10(12,8-5-2)9-11-6-3/h11-12H,4-9H2,1-3H3. The molecule has 0 aromatic rings. The minimum atomic E-state index is -0.459. The lowest BCUT2D eigenvalue weighted by Crippen LogP contribution is -2.40. The second-order valence-electron chi connectivity index (χ2n) is 3.50. The van der Waals surface area contributed by atoms with Crippen molar-refractivity contribution in [2.45, 2.75) is 52.1 Å². The van der Waals surface area contributed by atoms with Crippen LogP contribution in [0.25, 0.3) is 0 Å². The van der Waals surface area contributed by atoms with Gasteiger partial charge in [0.15, 0.2) is 0 Å². The molecule has 74 valence electrons. The molecule has 0 bridgehead atoms. The average molecular weight is 173 g/mol. The van der Waals surface area contributed by atoms with Crippen LogP contribution < -0.4 is 5.32 Å². The molecule has 0 atom stereocenters. The zero-order valence-electron chi connectivity index (χ0n) is 8.69. The van der Waals surface area contributed by atoms with E-state index in [2.05, 4.69) is 26.1 Å². The first-order valence-electron chi connectivity index (χ1n) is 5.11. The summed E-state index contributed by atoms with van der Waals surface area (Å²) in [5, 5.41) is 13.3. The van der Waals surface area contributed by atoms with Crippen molar-refractivity contribution in [2.75, 3.05) is 13.1 Å². The summed E-state index contributed by atoms with van der Waals surface area (Å²) in [6, 6.07) is 0. The van der Waals surface area contributed by atoms with E-state index >= 15 is 0 Å². The van der Waals surface area contributed by atoms with E-state index in [1.54, 1.807) is 0 Å². The maximum absolute atomic E-state index is 10.1. The normalized spacial score (nSPS) is 12.0. The molecule has 0 amide bonds. The van der Waals surface area contributed by atoms with Crippen molar-refractivity contribution >= 4 is 0 Å². The highest BCUT2D eigenvalue weighted by Gasteiger charge is 2.23. The van der Waals surface area contributed by atoms with Gasteiger partial charge in [-0.1, -0.05) is 33.6 Å². The maximum atomic E-state index is 10.1. The predicted octanol–water partition coefficient (Wildman–Crippen LogP) is 1.93. The molecule has 0 saturated heterocycles. The van der Waals surface area contributed by atoms with Crippen LogP contribution in [0.4, 0.5) is 0 Å². The molecule has 0 fully saturated rings. The first-order valence-corrected chi connectivity index (χ1v) is 5.11. The Balaban J connectivity index is 3.80. The van der Waals surface area contributed by atoms with Crippen molar-refractivity contribution in [3.05, 3.63) is 0 Å². The van der Waals surface area contributed by atoms with Gasteiger partial charge in [-0.15, -0.1) is 0 Å². The topological polar surface area (TPSA) is 32.3 Å². The maximum Gasteiger partial charge on any atom is 0.0771 e. The Morgan fingerprint density at radius 1 is 1.08 bits per heavy atom. The Hall–Kier alpha value is -0.0800. The molecule has 0 aromatic carbocycles. The van der Waals surface area contributed by atoms with Crippen LogP contribution in [0.3, 0.4) is 0 Å². The fourth-order valence-corrected chi connectivity index (χ4v) is 1.59. The van der Waals surface area contributed by atoms with E-state index in [4.69, 9.17) is 0 Å². The Morgan fingerprint density at radius 3 is 1.92 bits per heavy atom. The molecular formula is C10H23NO. The number of nitrogens with one attached hydrogen (secondary N) is 1. The van der Waals surface area contributed by atoms with E-state index in [0.29, 0.717) is 0 Å². The lowest BCUT2D eigenvalue weighted by atomic mass is 9.93. The van der Waals surface area contributed by atoms with Crippen molar-refractivity contribution < 1.29 is 5.11 Å². The van der Waals surface area contributed by atoms with Crippen LogP contribution >= 0.6 is 0 Å². The second-order valence-corrected chi connectivity index (χ2v) is 3.50. The van der Waals surface area contributed by atoms with E-state index in [9.17, 15) is 5.11 Å². The molecule has 0 spiro atoms. The van der Waals surface area contributed by atoms with Gasteiger partial charge in [0.05, 0.1) is 5.60 Å². The zero-order valence-corrected chi connectivity index (χ0v) is 8.69. The minimum Gasteiger partial charge on any atom is -0.389 e. The quantitative estimate of drug-likeness (QED) is 0.616. The summed E-state index contributed by atoms with van der Waals surface area (Å²) in [4.78, 5) is 0. The first kappa shape index (κ1) is 11.9. The van der Waals surface area contributed by atoms with Gasteiger partial charge in [-0.25, -0.2) is 0 Å². The van der Waals surface area contributed by atoms with Gasteiger partial charge in [0.25, 0.3) is 0 Å². The number of aliphatic hydroxyl groups is 1. The van der Waals surface area contributed by atoms with Gasteiger partial charge < -0.3 is 10.4 Å². The molecule has 0 saturated carbocycles. The Labute approximate surface area is 76.4 Å². The Kier molecular flexibility index (Phi) is 6.39. The highest BCUT2D eigenvalue weighted by Crippen LogP contribution is 2.18. The van der Waals surface area contributed by atoms with E-state index in [-0.39, 0.29) is 0 Å². The number of hydrogen-bond acceptors (Lipinski definition) is 2. The number of hydrogen-bond donors (Lipinski definition) is 2. The summed E-state index contributed by atoms with van der Waals surface area (Å²) in [6.45, 7) is 7.98. The second kappa shape index (κ2) is 6.44. The van der Waals surface area contributed by atoms with Crippen LogP contribution in [-0.4, -0.2) is 23.8 Å². The van der Waals surface area contributed by atoms with Crippen molar-refractivity contribution in [2.24, 2.45) is 0 Å². The molecule has 0 aromatic heterocycles. The molecule has 2 N–H and O–H groups in total. The lowest BCUT2D eigenvalue weighted by molar-refractivity contribution is 0.0223. The highest BCUT2D eigenvalue weighted by atomic mass is 16.3. The molecule has 2 nitrogen and oxygen atoms in total. The molecule has 2 heteroatoms. The van der Waals surface area contributed by atoms with Gasteiger partial charge in [-0.3, -0.25) is 0 Å². The summed E-state index contributed by atoms with van der Waals surface area (Å²) >= 11 is 0. The van der Waals surface area contributed by atoms with E-state index in [1.165, 1.54) is 0 Å². The molecule has 0 heterocycles. The SMILES string of the molecule is CCCC(O)(CCC)CNCC. The smallest absolute Gasteiger partial charge is 0.0771 e. The molecule has 0 aliphatic rings. The summed E-state index contributed by atoms with van der Waals surface area (Å²) in [6.07, 6.45) is 3.94.